The summed E-state index contributed by atoms with van der Waals surface area (Å²) in [5.41, 5.74) is 10.3. The summed E-state index contributed by atoms with van der Waals surface area (Å²) in [5.74, 6) is -4.35. The summed E-state index contributed by atoms with van der Waals surface area (Å²) in [6.45, 7) is 0.204. The number of nitrogens with zero attached hydrogens (tertiary/aromatic N) is 2. The number of carboxylic acids is 1. The minimum Gasteiger partial charge on any atom is -0.480 e. The van der Waals surface area contributed by atoms with Crippen LogP contribution < -0.4 is 16.8 Å². The highest BCUT2D eigenvalue weighted by molar-refractivity contribution is 14.1. The van der Waals surface area contributed by atoms with Gasteiger partial charge in [0.05, 0.1) is 5.56 Å². The van der Waals surface area contributed by atoms with Gasteiger partial charge < -0.3 is 26.7 Å². The molecule has 3 amide bonds. The molecule has 1 fully saturated rings. The monoisotopic (exact) mass is 545 g/mol. The number of hydrogen-bond donors (Lipinski definition) is 4. The second-order valence-corrected chi connectivity index (χ2v) is 7.75. The number of imide groups is 1. The van der Waals surface area contributed by atoms with Gasteiger partial charge in [-0.1, -0.05) is 0 Å². The molecular formula is C18H20IN5O7. The van der Waals surface area contributed by atoms with Crippen LogP contribution in [0.2, 0.25) is 0 Å². The Morgan fingerprint density at radius 1 is 1.16 bits per heavy atom. The Labute approximate surface area is 190 Å². The third kappa shape index (κ3) is 6.91. The zero-order valence-electron chi connectivity index (χ0n) is 16.2. The third-order valence-corrected chi connectivity index (χ3v) is 4.75. The van der Waals surface area contributed by atoms with Gasteiger partial charge in [-0.25, -0.2) is 9.59 Å². The van der Waals surface area contributed by atoms with E-state index >= 15 is 0 Å². The second kappa shape index (κ2) is 10.7. The van der Waals surface area contributed by atoms with Gasteiger partial charge in [-0.15, -0.1) is 5.06 Å². The van der Waals surface area contributed by atoms with Crippen molar-refractivity contribution in [3.8, 4) is 0 Å². The fourth-order valence-corrected chi connectivity index (χ4v) is 3.31. The van der Waals surface area contributed by atoms with Crippen LogP contribution in [-0.2, 0) is 19.2 Å². The van der Waals surface area contributed by atoms with E-state index in [2.05, 4.69) is 10.3 Å². The standard InChI is InChI=1S/C18H20IN5O7/c19-11-7-9(15(27)23-12(16(28)29)2-1-5-22-18(20)21)6-10(8-11)17(30)31-24-13(25)3-4-14(24)26/h6-8,12H,1-5H2,(H,23,27)(H,28,29)(H4,20,21,22)/t12-/m0/s1. The molecule has 0 radical (unpaired) electrons. The molecule has 1 atom stereocenters. The molecule has 0 aliphatic carbocycles. The number of nitrogens with two attached hydrogens (primary N) is 2. The van der Waals surface area contributed by atoms with Crippen molar-refractivity contribution in [1.29, 1.82) is 0 Å². The molecule has 6 N–H and O–H groups in total. The highest BCUT2D eigenvalue weighted by Gasteiger charge is 2.33. The van der Waals surface area contributed by atoms with Crippen LogP contribution in [0.3, 0.4) is 0 Å². The summed E-state index contributed by atoms with van der Waals surface area (Å²) in [6.07, 6.45) is 0.296. The number of carboxylic acid groups (broad SMARTS) is 1. The molecule has 1 heterocycles. The lowest BCUT2D eigenvalue weighted by Gasteiger charge is -2.15. The number of halogens is 1. The number of nitrogens with one attached hydrogen (secondary N) is 1. The molecule has 0 bridgehead atoms. The lowest BCUT2D eigenvalue weighted by atomic mass is 10.1. The summed E-state index contributed by atoms with van der Waals surface area (Å²) in [5, 5.41) is 12.1. The SMILES string of the molecule is NC(N)=NCCC[C@H](NC(=O)c1cc(I)cc(C(=O)ON2C(=O)CCC2=O)c1)C(=O)O. The normalized spacial score (nSPS) is 14.2. The molecule has 0 unspecified atom stereocenters. The molecule has 1 aliphatic heterocycles. The first-order valence-corrected chi connectivity index (χ1v) is 10.1. The average molecular weight is 545 g/mol. The smallest absolute Gasteiger partial charge is 0.363 e. The van der Waals surface area contributed by atoms with Gasteiger partial charge in [-0.3, -0.25) is 19.4 Å². The van der Waals surface area contributed by atoms with Crippen LogP contribution in [-0.4, -0.2) is 58.4 Å². The number of carbonyl (C=O) groups excluding carboxylic acids is 4. The summed E-state index contributed by atoms with van der Waals surface area (Å²) in [6, 6.07) is 2.82. The molecule has 0 spiro atoms. The number of hydrogen-bond acceptors (Lipinski definition) is 7. The van der Waals surface area contributed by atoms with Gasteiger partial charge in [0.1, 0.15) is 6.04 Å². The molecule has 1 saturated heterocycles. The van der Waals surface area contributed by atoms with Crippen molar-refractivity contribution in [1.82, 2.24) is 10.4 Å². The van der Waals surface area contributed by atoms with Crippen LogP contribution in [0.15, 0.2) is 23.2 Å². The minimum absolute atomic E-state index is 0.00778. The number of benzene rings is 1. The summed E-state index contributed by atoms with van der Waals surface area (Å²) >= 11 is 1.86. The number of aliphatic carboxylic acids is 1. The Balaban J connectivity index is 2.10. The topological polar surface area (TPSA) is 194 Å². The van der Waals surface area contributed by atoms with Gasteiger partial charge >= 0.3 is 11.9 Å². The quantitative estimate of drug-likeness (QED) is 0.106. The Kier molecular flexibility index (Phi) is 8.30. The van der Waals surface area contributed by atoms with E-state index < -0.39 is 35.7 Å². The van der Waals surface area contributed by atoms with Gasteiger partial charge in [-0.05, 0) is 53.6 Å². The van der Waals surface area contributed by atoms with Gasteiger partial charge in [0.2, 0.25) is 0 Å². The predicted octanol–water partition coefficient (Wildman–Crippen LogP) is -0.251. The number of carbonyl (C=O) groups is 5. The Morgan fingerprint density at radius 2 is 1.77 bits per heavy atom. The molecule has 1 aliphatic rings. The zero-order chi connectivity index (χ0) is 23.1. The third-order valence-electron chi connectivity index (χ3n) is 4.12. The van der Waals surface area contributed by atoms with Crippen LogP contribution in [0.5, 0.6) is 0 Å². The van der Waals surface area contributed by atoms with Crippen molar-refractivity contribution < 1.29 is 33.9 Å². The highest BCUT2D eigenvalue weighted by Crippen LogP contribution is 2.18. The molecule has 12 nitrogen and oxygen atoms in total. The van der Waals surface area contributed by atoms with Gasteiger partial charge in [-0.2, -0.15) is 0 Å². The molecule has 2 rings (SSSR count). The van der Waals surface area contributed by atoms with E-state index in [4.69, 9.17) is 16.3 Å². The molecule has 0 aromatic heterocycles. The molecule has 1 aromatic rings. The molecule has 166 valence electrons. The number of amides is 3. The molecule has 13 heteroatoms. The number of hydroxylamine groups is 2. The number of rotatable bonds is 9. The van der Waals surface area contributed by atoms with Crippen molar-refractivity contribution in [3.63, 3.8) is 0 Å². The van der Waals surface area contributed by atoms with E-state index in [0.29, 0.717) is 15.1 Å². The van der Waals surface area contributed by atoms with E-state index in [1.165, 1.54) is 18.2 Å². The molecule has 1 aromatic carbocycles. The minimum atomic E-state index is -1.24. The molecular weight excluding hydrogens is 525 g/mol. The summed E-state index contributed by atoms with van der Waals surface area (Å²) < 4.78 is 0.482. The predicted molar refractivity (Wildman–Crippen MR) is 114 cm³/mol. The number of aliphatic imine (C=N–C) groups is 1. The highest BCUT2D eigenvalue weighted by atomic mass is 127. The Hall–Kier alpha value is -3.23. The van der Waals surface area contributed by atoms with Crippen molar-refractivity contribution in [2.75, 3.05) is 6.54 Å². The summed E-state index contributed by atoms with van der Waals surface area (Å²) in [4.78, 5) is 68.2. The fraction of sp³-hybridized carbons (Fsp3) is 0.333. The molecule has 0 saturated carbocycles. The van der Waals surface area contributed by atoms with Crippen molar-refractivity contribution in [3.05, 3.63) is 32.9 Å². The van der Waals surface area contributed by atoms with E-state index in [9.17, 15) is 29.1 Å². The largest absolute Gasteiger partial charge is 0.480 e. The Bertz CT molecular complexity index is 929. The maximum absolute atomic E-state index is 12.6. The maximum atomic E-state index is 12.6. The average Bonchev–Trinajstić information content (AvgIpc) is 3.01. The van der Waals surface area contributed by atoms with Crippen LogP contribution >= 0.6 is 22.6 Å². The van der Waals surface area contributed by atoms with Crippen LogP contribution in [0.4, 0.5) is 0 Å². The van der Waals surface area contributed by atoms with Crippen LogP contribution in [0, 0.1) is 3.57 Å². The van der Waals surface area contributed by atoms with E-state index in [-0.39, 0.29) is 42.9 Å². The van der Waals surface area contributed by atoms with Crippen molar-refractivity contribution in [2.24, 2.45) is 16.5 Å². The number of guanidine groups is 1. The lowest BCUT2D eigenvalue weighted by Crippen LogP contribution is -2.41. The summed E-state index contributed by atoms with van der Waals surface area (Å²) in [7, 11) is 0. The van der Waals surface area contributed by atoms with Crippen LogP contribution in [0.25, 0.3) is 0 Å². The van der Waals surface area contributed by atoms with E-state index in [0.717, 1.165) is 0 Å². The first-order chi connectivity index (χ1) is 14.6. The second-order valence-electron chi connectivity index (χ2n) is 6.50. The first-order valence-electron chi connectivity index (χ1n) is 9.06. The van der Waals surface area contributed by atoms with Crippen molar-refractivity contribution >= 4 is 58.2 Å². The van der Waals surface area contributed by atoms with Gasteiger partial charge in [0.25, 0.3) is 17.7 Å². The zero-order valence-corrected chi connectivity index (χ0v) is 18.3. The van der Waals surface area contributed by atoms with E-state index in [1.807, 2.05) is 22.6 Å². The van der Waals surface area contributed by atoms with E-state index in [1.54, 1.807) is 0 Å². The molecule has 31 heavy (non-hydrogen) atoms. The Morgan fingerprint density at radius 3 is 2.35 bits per heavy atom. The van der Waals surface area contributed by atoms with Crippen LogP contribution in [0.1, 0.15) is 46.4 Å². The van der Waals surface area contributed by atoms with Gasteiger partial charge in [0.15, 0.2) is 5.96 Å². The lowest BCUT2D eigenvalue weighted by molar-refractivity contribution is -0.172. The first kappa shape index (κ1) is 24.0. The van der Waals surface area contributed by atoms with Gasteiger partial charge in [0, 0.05) is 28.5 Å². The maximum Gasteiger partial charge on any atom is 0.363 e. The van der Waals surface area contributed by atoms with Crippen molar-refractivity contribution in [2.45, 2.75) is 31.7 Å². The fourth-order valence-electron chi connectivity index (χ4n) is 2.63.